The normalized spacial score (nSPS) is 15.0. The molecule has 0 spiro atoms. The van der Waals surface area contributed by atoms with Crippen LogP contribution >= 0.6 is 0 Å². The third-order valence-electron chi connectivity index (χ3n) is 2.94. The van der Waals surface area contributed by atoms with E-state index in [0.717, 1.165) is 19.4 Å². The molecule has 0 atom stereocenters. The Labute approximate surface area is 103 Å². The standard InChI is InChI=1S/C14H20N2O/c1-16(2)10-12-5-3-11(4-6-12)9-15-14(17)13-7-8-13/h3-6,13H,7-10H2,1-2H3,(H,15,17). The topological polar surface area (TPSA) is 32.3 Å². The van der Waals surface area contributed by atoms with E-state index in [1.807, 2.05) is 0 Å². The highest BCUT2D eigenvalue weighted by Crippen LogP contribution is 2.28. The fourth-order valence-electron chi connectivity index (χ4n) is 1.81. The fraction of sp³-hybridized carbons (Fsp3) is 0.500. The average molecular weight is 232 g/mol. The number of nitrogens with zero attached hydrogens (tertiary/aromatic N) is 1. The highest BCUT2D eigenvalue weighted by molar-refractivity contribution is 5.80. The van der Waals surface area contributed by atoms with E-state index in [-0.39, 0.29) is 5.91 Å². The zero-order chi connectivity index (χ0) is 12.3. The summed E-state index contributed by atoms with van der Waals surface area (Å²) in [6.07, 6.45) is 2.13. The van der Waals surface area contributed by atoms with Crippen LogP contribution in [0.25, 0.3) is 0 Å². The average Bonchev–Trinajstić information content (AvgIpc) is 3.11. The van der Waals surface area contributed by atoms with Crippen LogP contribution in [0.1, 0.15) is 24.0 Å². The van der Waals surface area contributed by atoms with Crippen LogP contribution in [-0.4, -0.2) is 24.9 Å². The molecule has 0 aliphatic heterocycles. The molecule has 0 aromatic heterocycles. The summed E-state index contributed by atoms with van der Waals surface area (Å²) >= 11 is 0. The van der Waals surface area contributed by atoms with Gasteiger partial charge in [-0.1, -0.05) is 24.3 Å². The van der Waals surface area contributed by atoms with Crippen molar-refractivity contribution in [3.63, 3.8) is 0 Å². The Bertz CT molecular complexity index is 380. The first-order valence-electron chi connectivity index (χ1n) is 6.15. The van der Waals surface area contributed by atoms with Crippen molar-refractivity contribution in [3.8, 4) is 0 Å². The van der Waals surface area contributed by atoms with Crippen molar-refractivity contribution in [1.29, 1.82) is 0 Å². The lowest BCUT2D eigenvalue weighted by Gasteiger charge is -2.10. The molecule has 0 heterocycles. The third-order valence-corrected chi connectivity index (χ3v) is 2.94. The summed E-state index contributed by atoms with van der Waals surface area (Å²) in [5, 5.41) is 2.97. The molecule has 2 rings (SSSR count). The minimum Gasteiger partial charge on any atom is -0.352 e. The van der Waals surface area contributed by atoms with Crippen molar-refractivity contribution in [2.75, 3.05) is 14.1 Å². The maximum absolute atomic E-state index is 11.5. The molecule has 1 aliphatic rings. The van der Waals surface area contributed by atoms with E-state index < -0.39 is 0 Å². The second kappa shape index (κ2) is 5.32. The number of rotatable bonds is 5. The predicted octanol–water partition coefficient (Wildman–Crippen LogP) is 1.77. The maximum Gasteiger partial charge on any atom is 0.223 e. The largest absolute Gasteiger partial charge is 0.352 e. The van der Waals surface area contributed by atoms with Crippen molar-refractivity contribution < 1.29 is 4.79 Å². The van der Waals surface area contributed by atoms with Crippen LogP contribution in [0.3, 0.4) is 0 Å². The molecule has 1 N–H and O–H groups in total. The molecule has 1 amide bonds. The first-order valence-corrected chi connectivity index (χ1v) is 6.15. The molecule has 92 valence electrons. The van der Waals surface area contributed by atoms with Gasteiger partial charge in [0.15, 0.2) is 0 Å². The van der Waals surface area contributed by atoms with Gasteiger partial charge in [0.1, 0.15) is 0 Å². The van der Waals surface area contributed by atoms with Gasteiger partial charge in [0, 0.05) is 19.0 Å². The van der Waals surface area contributed by atoms with Crippen LogP contribution in [0, 0.1) is 5.92 Å². The molecule has 0 saturated heterocycles. The zero-order valence-electron chi connectivity index (χ0n) is 10.6. The van der Waals surface area contributed by atoms with Crippen LogP contribution in [0.15, 0.2) is 24.3 Å². The van der Waals surface area contributed by atoms with Gasteiger partial charge in [-0.15, -0.1) is 0 Å². The number of carbonyl (C=O) groups excluding carboxylic acids is 1. The predicted molar refractivity (Wildman–Crippen MR) is 68.4 cm³/mol. The molecule has 0 radical (unpaired) electrons. The second-order valence-corrected chi connectivity index (χ2v) is 5.05. The van der Waals surface area contributed by atoms with Crippen molar-refractivity contribution in [3.05, 3.63) is 35.4 Å². The highest BCUT2D eigenvalue weighted by Gasteiger charge is 2.29. The lowest BCUT2D eigenvalue weighted by molar-refractivity contribution is -0.122. The number of nitrogens with one attached hydrogen (secondary N) is 1. The van der Waals surface area contributed by atoms with Gasteiger partial charge in [0.2, 0.25) is 5.91 Å². The summed E-state index contributed by atoms with van der Waals surface area (Å²) in [7, 11) is 4.12. The molecule has 3 nitrogen and oxygen atoms in total. The van der Waals surface area contributed by atoms with Gasteiger partial charge in [-0.3, -0.25) is 4.79 Å². The van der Waals surface area contributed by atoms with Crippen LogP contribution in [-0.2, 0) is 17.9 Å². The van der Waals surface area contributed by atoms with Gasteiger partial charge >= 0.3 is 0 Å². The Kier molecular flexibility index (Phi) is 3.79. The van der Waals surface area contributed by atoms with Gasteiger partial charge in [-0.2, -0.15) is 0 Å². The van der Waals surface area contributed by atoms with Crippen molar-refractivity contribution >= 4 is 5.91 Å². The first-order chi connectivity index (χ1) is 8.15. The van der Waals surface area contributed by atoms with E-state index in [1.54, 1.807) is 0 Å². The number of benzene rings is 1. The molecule has 1 fully saturated rings. The molecule has 1 aromatic rings. The Balaban J connectivity index is 1.82. The minimum absolute atomic E-state index is 0.211. The van der Waals surface area contributed by atoms with Gasteiger partial charge in [-0.25, -0.2) is 0 Å². The van der Waals surface area contributed by atoms with Gasteiger partial charge in [0.25, 0.3) is 0 Å². The van der Waals surface area contributed by atoms with E-state index in [4.69, 9.17) is 0 Å². The molecule has 1 aliphatic carbocycles. The molecule has 0 unspecified atom stereocenters. The molecular weight excluding hydrogens is 212 g/mol. The minimum atomic E-state index is 0.211. The van der Waals surface area contributed by atoms with Gasteiger partial charge in [0.05, 0.1) is 0 Å². The maximum atomic E-state index is 11.5. The lowest BCUT2D eigenvalue weighted by atomic mass is 10.1. The van der Waals surface area contributed by atoms with Gasteiger partial charge < -0.3 is 10.2 Å². The van der Waals surface area contributed by atoms with E-state index in [9.17, 15) is 4.79 Å². The van der Waals surface area contributed by atoms with Crippen molar-refractivity contribution in [2.45, 2.75) is 25.9 Å². The van der Waals surface area contributed by atoms with Crippen LogP contribution in [0.5, 0.6) is 0 Å². The number of hydrogen-bond donors (Lipinski definition) is 1. The summed E-state index contributed by atoms with van der Waals surface area (Å²) < 4.78 is 0. The number of carbonyl (C=O) groups is 1. The Morgan fingerprint density at radius 1 is 1.24 bits per heavy atom. The SMILES string of the molecule is CN(C)Cc1ccc(CNC(=O)C2CC2)cc1. The Morgan fingerprint density at radius 2 is 1.82 bits per heavy atom. The molecule has 1 aromatic carbocycles. The monoisotopic (exact) mass is 232 g/mol. The van der Waals surface area contributed by atoms with Gasteiger partial charge in [-0.05, 0) is 38.1 Å². The highest BCUT2D eigenvalue weighted by atomic mass is 16.2. The Morgan fingerprint density at radius 3 is 2.35 bits per heavy atom. The summed E-state index contributed by atoms with van der Waals surface area (Å²) in [6, 6.07) is 8.43. The summed E-state index contributed by atoms with van der Waals surface area (Å²) in [5.41, 5.74) is 2.47. The van der Waals surface area contributed by atoms with Crippen LogP contribution in [0.2, 0.25) is 0 Å². The lowest BCUT2D eigenvalue weighted by Crippen LogP contribution is -2.24. The molecular formula is C14H20N2O. The molecule has 17 heavy (non-hydrogen) atoms. The summed E-state index contributed by atoms with van der Waals surface area (Å²) in [5.74, 6) is 0.505. The Hall–Kier alpha value is -1.35. The van der Waals surface area contributed by atoms with E-state index in [0.29, 0.717) is 12.5 Å². The van der Waals surface area contributed by atoms with Crippen LogP contribution in [0.4, 0.5) is 0 Å². The zero-order valence-corrected chi connectivity index (χ0v) is 10.6. The third kappa shape index (κ3) is 3.86. The molecule has 0 bridgehead atoms. The van der Waals surface area contributed by atoms with E-state index in [1.165, 1.54) is 11.1 Å². The quantitative estimate of drug-likeness (QED) is 0.839. The number of hydrogen-bond acceptors (Lipinski definition) is 2. The van der Waals surface area contributed by atoms with E-state index in [2.05, 4.69) is 48.6 Å². The smallest absolute Gasteiger partial charge is 0.223 e. The first kappa shape index (κ1) is 12.1. The van der Waals surface area contributed by atoms with E-state index >= 15 is 0 Å². The number of amides is 1. The van der Waals surface area contributed by atoms with Crippen LogP contribution < -0.4 is 5.32 Å². The molecule has 3 heteroatoms. The summed E-state index contributed by atoms with van der Waals surface area (Å²) in [4.78, 5) is 13.6. The second-order valence-electron chi connectivity index (χ2n) is 5.05. The van der Waals surface area contributed by atoms with Crippen molar-refractivity contribution in [2.24, 2.45) is 5.92 Å². The molecule has 1 saturated carbocycles. The van der Waals surface area contributed by atoms with Crippen molar-refractivity contribution in [1.82, 2.24) is 10.2 Å². The fourth-order valence-corrected chi connectivity index (χ4v) is 1.81. The summed E-state index contributed by atoms with van der Waals surface area (Å²) in [6.45, 7) is 1.60.